The van der Waals surface area contributed by atoms with Crippen LogP contribution in [0.4, 0.5) is 0 Å². The molecule has 0 radical (unpaired) electrons. The fourth-order valence-corrected chi connectivity index (χ4v) is 1.67. The Morgan fingerprint density at radius 3 is 2.39 bits per heavy atom. The molecule has 0 aliphatic rings. The summed E-state index contributed by atoms with van der Waals surface area (Å²) in [6, 6.07) is 0. The first-order valence-electron chi connectivity index (χ1n) is 7.79. The number of nitrogens with one attached hydrogen (secondary N) is 3. The molecular weight excluding hydrogens is 409 g/mol. The van der Waals surface area contributed by atoms with Crippen LogP contribution in [0.25, 0.3) is 0 Å². The van der Waals surface area contributed by atoms with Gasteiger partial charge in [0.15, 0.2) is 5.96 Å². The summed E-state index contributed by atoms with van der Waals surface area (Å²) >= 11 is 0. The van der Waals surface area contributed by atoms with E-state index in [0.29, 0.717) is 5.96 Å². The van der Waals surface area contributed by atoms with Crippen LogP contribution < -0.4 is 16.0 Å². The lowest BCUT2D eigenvalue weighted by Crippen LogP contribution is -2.44. The zero-order valence-electron chi connectivity index (χ0n) is 15.4. The molecule has 0 unspecified atom stereocenters. The van der Waals surface area contributed by atoms with E-state index in [0.717, 1.165) is 32.8 Å². The standard InChI is InChI=1S/C15H33N5O2.HI/c1-7-16-14(17-8-9-20(5)10-11-22-6)18-12-13(21)19-15(2,3)4;/h7-12H2,1-6H3,(H,19,21)(H2,16,17,18);1H. The maximum absolute atomic E-state index is 11.8. The minimum Gasteiger partial charge on any atom is -0.383 e. The van der Waals surface area contributed by atoms with Gasteiger partial charge in [0.2, 0.25) is 5.91 Å². The van der Waals surface area contributed by atoms with Crippen molar-refractivity contribution < 1.29 is 9.53 Å². The Morgan fingerprint density at radius 2 is 1.87 bits per heavy atom. The molecule has 1 amide bonds. The average Bonchev–Trinajstić information content (AvgIpc) is 2.40. The minimum atomic E-state index is -0.234. The highest BCUT2D eigenvalue weighted by Gasteiger charge is 2.13. The number of carbonyl (C=O) groups excluding carboxylic acids is 1. The van der Waals surface area contributed by atoms with E-state index in [1.807, 2.05) is 34.7 Å². The molecule has 0 aromatic carbocycles. The summed E-state index contributed by atoms with van der Waals surface area (Å²) in [4.78, 5) is 18.2. The lowest BCUT2D eigenvalue weighted by atomic mass is 10.1. The number of nitrogens with zero attached hydrogens (tertiary/aromatic N) is 2. The van der Waals surface area contributed by atoms with Gasteiger partial charge in [-0.2, -0.15) is 0 Å². The molecule has 8 heteroatoms. The Hall–Kier alpha value is -0.610. The molecule has 23 heavy (non-hydrogen) atoms. The van der Waals surface area contributed by atoms with E-state index in [1.165, 1.54) is 0 Å². The molecule has 0 atom stereocenters. The number of rotatable bonds is 9. The molecule has 0 aromatic heterocycles. The Kier molecular flexibility index (Phi) is 14.8. The molecule has 3 N–H and O–H groups in total. The van der Waals surface area contributed by atoms with E-state index in [2.05, 4.69) is 25.8 Å². The summed E-state index contributed by atoms with van der Waals surface area (Å²) in [5, 5.41) is 9.25. The van der Waals surface area contributed by atoms with Crippen molar-refractivity contribution in [2.24, 2.45) is 4.99 Å². The van der Waals surface area contributed by atoms with Gasteiger partial charge in [-0.15, -0.1) is 24.0 Å². The molecule has 0 spiro atoms. The molecule has 0 heterocycles. The van der Waals surface area contributed by atoms with Crippen molar-refractivity contribution in [2.45, 2.75) is 33.2 Å². The van der Waals surface area contributed by atoms with E-state index in [9.17, 15) is 4.79 Å². The molecule has 0 aliphatic carbocycles. The summed E-state index contributed by atoms with van der Waals surface area (Å²) in [5.74, 6) is 0.577. The van der Waals surface area contributed by atoms with Gasteiger partial charge in [0.05, 0.1) is 6.61 Å². The predicted molar refractivity (Wildman–Crippen MR) is 107 cm³/mol. The van der Waals surface area contributed by atoms with Crippen LogP contribution in [0.2, 0.25) is 0 Å². The van der Waals surface area contributed by atoms with Gasteiger partial charge in [-0.1, -0.05) is 0 Å². The third-order valence-electron chi connectivity index (χ3n) is 2.70. The van der Waals surface area contributed by atoms with Crippen molar-refractivity contribution in [1.82, 2.24) is 20.9 Å². The van der Waals surface area contributed by atoms with Crippen molar-refractivity contribution in [1.29, 1.82) is 0 Å². The van der Waals surface area contributed by atoms with Crippen LogP contribution >= 0.6 is 24.0 Å². The minimum absolute atomic E-state index is 0. The third-order valence-corrected chi connectivity index (χ3v) is 2.70. The van der Waals surface area contributed by atoms with Crippen LogP contribution in [-0.4, -0.2) is 75.8 Å². The van der Waals surface area contributed by atoms with Crippen LogP contribution in [0.1, 0.15) is 27.7 Å². The largest absolute Gasteiger partial charge is 0.383 e. The molecular formula is C15H34IN5O2. The van der Waals surface area contributed by atoms with Crippen LogP contribution in [-0.2, 0) is 9.53 Å². The number of aliphatic imine (C=N–C) groups is 1. The second-order valence-electron chi connectivity index (χ2n) is 6.22. The normalized spacial score (nSPS) is 11.9. The molecule has 138 valence electrons. The lowest BCUT2D eigenvalue weighted by Gasteiger charge is -2.20. The summed E-state index contributed by atoms with van der Waals surface area (Å²) in [6.07, 6.45) is 0. The quantitative estimate of drug-likeness (QED) is 0.277. The summed E-state index contributed by atoms with van der Waals surface area (Å²) in [5.41, 5.74) is -0.234. The van der Waals surface area contributed by atoms with Crippen LogP contribution in [0.3, 0.4) is 0 Å². The summed E-state index contributed by atoms with van der Waals surface area (Å²) < 4.78 is 5.04. The number of amides is 1. The van der Waals surface area contributed by atoms with Gasteiger partial charge in [0.25, 0.3) is 0 Å². The lowest BCUT2D eigenvalue weighted by molar-refractivity contribution is -0.121. The summed E-state index contributed by atoms with van der Waals surface area (Å²) in [7, 11) is 3.74. The van der Waals surface area contributed by atoms with Crippen molar-refractivity contribution in [2.75, 3.05) is 53.5 Å². The van der Waals surface area contributed by atoms with Crippen LogP contribution in [0, 0.1) is 0 Å². The number of ether oxygens (including phenoxy) is 1. The number of halogens is 1. The Labute approximate surface area is 158 Å². The number of methoxy groups -OCH3 is 1. The Balaban J connectivity index is 0. The number of hydrogen-bond acceptors (Lipinski definition) is 4. The highest BCUT2D eigenvalue weighted by molar-refractivity contribution is 14.0. The van der Waals surface area contributed by atoms with Crippen LogP contribution in [0.15, 0.2) is 4.99 Å². The first-order valence-corrected chi connectivity index (χ1v) is 7.79. The highest BCUT2D eigenvalue weighted by atomic mass is 127. The molecule has 0 fully saturated rings. The van der Waals surface area contributed by atoms with Gasteiger partial charge in [-0.3, -0.25) is 4.79 Å². The fraction of sp³-hybridized carbons (Fsp3) is 0.867. The number of guanidine groups is 1. The van der Waals surface area contributed by atoms with Gasteiger partial charge >= 0.3 is 0 Å². The van der Waals surface area contributed by atoms with E-state index >= 15 is 0 Å². The van der Waals surface area contributed by atoms with E-state index < -0.39 is 0 Å². The number of carbonyl (C=O) groups is 1. The Morgan fingerprint density at radius 1 is 1.22 bits per heavy atom. The maximum Gasteiger partial charge on any atom is 0.242 e. The van der Waals surface area contributed by atoms with Gasteiger partial charge in [0, 0.05) is 38.8 Å². The molecule has 0 aliphatic heterocycles. The summed E-state index contributed by atoms with van der Waals surface area (Å²) in [6.45, 7) is 12.0. The molecule has 7 nitrogen and oxygen atoms in total. The third kappa shape index (κ3) is 16.0. The van der Waals surface area contributed by atoms with Gasteiger partial charge in [-0.25, -0.2) is 4.99 Å². The SMILES string of the molecule is CCNC(=NCC(=O)NC(C)(C)C)NCCN(C)CCOC.I. The topological polar surface area (TPSA) is 78.0 Å². The number of hydrogen-bond donors (Lipinski definition) is 3. The van der Waals surface area contributed by atoms with Crippen LogP contribution in [0.5, 0.6) is 0 Å². The van der Waals surface area contributed by atoms with Crippen molar-refractivity contribution in [3.05, 3.63) is 0 Å². The zero-order chi connectivity index (χ0) is 17.0. The first kappa shape index (κ1) is 24.6. The second-order valence-corrected chi connectivity index (χ2v) is 6.22. The van der Waals surface area contributed by atoms with Crippen molar-refractivity contribution in [3.8, 4) is 0 Å². The maximum atomic E-state index is 11.8. The monoisotopic (exact) mass is 443 g/mol. The predicted octanol–water partition coefficient (Wildman–Crippen LogP) is 0.652. The molecule has 0 saturated carbocycles. The molecule has 0 bridgehead atoms. The van der Waals surface area contributed by atoms with Gasteiger partial charge < -0.3 is 25.6 Å². The van der Waals surface area contributed by atoms with E-state index in [-0.39, 0.29) is 42.0 Å². The van der Waals surface area contributed by atoms with Gasteiger partial charge in [0.1, 0.15) is 6.54 Å². The first-order chi connectivity index (χ1) is 10.3. The fourth-order valence-electron chi connectivity index (χ4n) is 1.67. The highest BCUT2D eigenvalue weighted by Crippen LogP contribution is 1.97. The number of likely N-dealkylation sites (N-methyl/N-ethyl adjacent to an activating group) is 1. The van der Waals surface area contributed by atoms with Crippen molar-refractivity contribution in [3.63, 3.8) is 0 Å². The van der Waals surface area contributed by atoms with Gasteiger partial charge in [-0.05, 0) is 34.7 Å². The van der Waals surface area contributed by atoms with E-state index in [4.69, 9.17) is 4.74 Å². The Bertz CT molecular complexity index is 345. The molecule has 0 saturated heterocycles. The molecule has 0 rings (SSSR count). The average molecular weight is 443 g/mol. The van der Waals surface area contributed by atoms with Crippen molar-refractivity contribution >= 4 is 35.8 Å². The molecule has 0 aromatic rings. The smallest absolute Gasteiger partial charge is 0.242 e. The van der Waals surface area contributed by atoms with E-state index in [1.54, 1.807) is 7.11 Å². The zero-order valence-corrected chi connectivity index (χ0v) is 17.7. The second kappa shape index (κ2) is 13.8.